The molecule has 0 aliphatic rings. The molecule has 0 saturated carbocycles. The highest BCUT2D eigenvalue weighted by molar-refractivity contribution is 9.11. The molecule has 0 aliphatic carbocycles. The Balaban J connectivity index is 0.993. The maximum atomic E-state index is 12.2. The van der Waals surface area contributed by atoms with E-state index in [0.717, 1.165) is 69.0 Å². The van der Waals surface area contributed by atoms with Crippen molar-refractivity contribution in [3.63, 3.8) is 0 Å². The molecular formula is C32H34Br2N2O4. The smallest absolute Gasteiger partial charge is 0.257 e. The van der Waals surface area contributed by atoms with Crippen LogP contribution in [0.2, 0.25) is 0 Å². The van der Waals surface area contributed by atoms with E-state index in [1.807, 2.05) is 72.8 Å². The van der Waals surface area contributed by atoms with E-state index in [0.29, 0.717) is 24.6 Å². The summed E-state index contributed by atoms with van der Waals surface area (Å²) in [6.45, 7) is 1.27. The minimum atomic E-state index is -0.118. The first-order valence-electron chi connectivity index (χ1n) is 13.7. The van der Waals surface area contributed by atoms with E-state index in [2.05, 4.69) is 42.5 Å². The lowest BCUT2D eigenvalue weighted by atomic mass is 10.1. The summed E-state index contributed by atoms with van der Waals surface area (Å²) in [7, 11) is 0. The van der Waals surface area contributed by atoms with Crippen molar-refractivity contribution in [3.05, 3.63) is 81.7 Å². The lowest BCUT2D eigenvalue weighted by Gasteiger charge is -2.11. The van der Waals surface area contributed by atoms with E-state index in [9.17, 15) is 9.59 Å². The Morgan fingerprint density at radius 3 is 1.40 bits per heavy atom. The van der Waals surface area contributed by atoms with Crippen molar-refractivity contribution in [2.45, 2.75) is 38.5 Å². The number of carbonyl (C=O) groups is 2. The second kappa shape index (κ2) is 15.6. The topological polar surface area (TPSA) is 76.7 Å². The summed E-state index contributed by atoms with van der Waals surface area (Å²) in [4.78, 5) is 24.3. The second-order valence-electron chi connectivity index (χ2n) is 9.60. The first kappa shape index (κ1) is 29.9. The molecule has 2 N–H and O–H groups in total. The molecular weight excluding hydrogens is 636 g/mol. The second-order valence-corrected chi connectivity index (χ2v) is 11.2. The van der Waals surface area contributed by atoms with Crippen LogP contribution in [0.15, 0.2) is 81.7 Å². The number of unbranched alkanes of at least 4 members (excludes halogenated alkanes) is 5. The monoisotopic (exact) mass is 668 g/mol. The molecule has 0 radical (unpaired) electrons. The van der Waals surface area contributed by atoms with Crippen LogP contribution in [0.4, 0.5) is 0 Å². The molecule has 0 heterocycles. The number of halogens is 2. The van der Waals surface area contributed by atoms with Gasteiger partial charge in [-0.3, -0.25) is 9.59 Å². The molecule has 8 heteroatoms. The molecule has 0 atom stereocenters. The molecule has 210 valence electrons. The summed E-state index contributed by atoms with van der Waals surface area (Å²) in [5.41, 5.74) is 0. The highest BCUT2D eigenvalue weighted by atomic mass is 79.9. The third kappa shape index (κ3) is 8.70. The van der Waals surface area contributed by atoms with Crippen LogP contribution in [-0.2, 0) is 9.59 Å². The van der Waals surface area contributed by atoms with Crippen LogP contribution >= 0.6 is 31.9 Å². The summed E-state index contributed by atoms with van der Waals surface area (Å²) >= 11 is 7.17. The summed E-state index contributed by atoms with van der Waals surface area (Å²) < 4.78 is 13.2. The van der Waals surface area contributed by atoms with Crippen LogP contribution in [0.5, 0.6) is 11.5 Å². The number of ether oxygens (including phenoxy) is 2. The quantitative estimate of drug-likeness (QED) is 0.128. The van der Waals surface area contributed by atoms with E-state index in [1.165, 1.54) is 0 Å². The maximum absolute atomic E-state index is 12.2. The van der Waals surface area contributed by atoms with E-state index in [4.69, 9.17) is 9.47 Å². The number of carbonyl (C=O) groups excluding carboxylic acids is 2. The van der Waals surface area contributed by atoms with E-state index in [1.54, 1.807) is 0 Å². The van der Waals surface area contributed by atoms with Crippen LogP contribution in [0.1, 0.15) is 38.5 Å². The SMILES string of the molecule is O=C(COc1ccc2ccccc2c1Br)NCCCCCCCCNC(=O)COc1ccc2ccccc2c1Br. The van der Waals surface area contributed by atoms with Crippen molar-refractivity contribution >= 4 is 65.2 Å². The van der Waals surface area contributed by atoms with Crippen LogP contribution in [0.3, 0.4) is 0 Å². The van der Waals surface area contributed by atoms with E-state index in [-0.39, 0.29) is 25.0 Å². The molecule has 6 nitrogen and oxygen atoms in total. The number of benzene rings is 4. The summed E-state index contributed by atoms with van der Waals surface area (Å²) in [6.07, 6.45) is 6.18. The zero-order valence-electron chi connectivity index (χ0n) is 22.4. The van der Waals surface area contributed by atoms with Crippen molar-refractivity contribution in [1.82, 2.24) is 10.6 Å². The number of rotatable bonds is 15. The third-order valence-electron chi connectivity index (χ3n) is 6.62. The molecule has 0 fully saturated rings. The molecule has 0 saturated heterocycles. The minimum absolute atomic E-state index is 0.00671. The molecule has 4 aromatic rings. The fraction of sp³-hybridized carbons (Fsp3) is 0.312. The Bertz CT molecular complexity index is 1330. The molecule has 0 bridgehead atoms. The number of nitrogens with one attached hydrogen (secondary N) is 2. The first-order chi connectivity index (χ1) is 19.5. The van der Waals surface area contributed by atoms with Gasteiger partial charge in [0, 0.05) is 13.1 Å². The predicted octanol–water partition coefficient (Wildman–Crippen LogP) is 7.55. The molecule has 4 aromatic carbocycles. The van der Waals surface area contributed by atoms with Gasteiger partial charge >= 0.3 is 0 Å². The zero-order chi connectivity index (χ0) is 28.2. The van der Waals surface area contributed by atoms with Gasteiger partial charge in [-0.2, -0.15) is 0 Å². The average Bonchev–Trinajstić information content (AvgIpc) is 2.97. The Morgan fingerprint density at radius 1 is 0.550 bits per heavy atom. The van der Waals surface area contributed by atoms with Gasteiger partial charge in [-0.15, -0.1) is 0 Å². The summed E-state index contributed by atoms with van der Waals surface area (Å²) in [5.74, 6) is 1.09. The summed E-state index contributed by atoms with van der Waals surface area (Å²) in [5, 5.41) is 10.2. The van der Waals surface area contributed by atoms with Crippen molar-refractivity contribution in [3.8, 4) is 11.5 Å². The van der Waals surface area contributed by atoms with Crippen LogP contribution < -0.4 is 20.1 Å². The molecule has 0 aliphatic heterocycles. The van der Waals surface area contributed by atoms with Gasteiger partial charge in [-0.25, -0.2) is 0 Å². The molecule has 0 aromatic heterocycles. The molecule has 0 spiro atoms. The number of hydrogen-bond acceptors (Lipinski definition) is 4. The van der Waals surface area contributed by atoms with Crippen molar-refractivity contribution in [2.24, 2.45) is 0 Å². The Kier molecular flexibility index (Phi) is 11.7. The Labute approximate surface area is 252 Å². The van der Waals surface area contributed by atoms with Gasteiger partial charge in [0.15, 0.2) is 13.2 Å². The van der Waals surface area contributed by atoms with Gasteiger partial charge in [0.25, 0.3) is 11.8 Å². The average molecular weight is 670 g/mol. The highest BCUT2D eigenvalue weighted by Crippen LogP contribution is 2.34. The molecule has 40 heavy (non-hydrogen) atoms. The fourth-order valence-electron chi connectivity index (χ4n) is 4.45. The number of hydrogen-bond donors (Lipinski definition) is 2. The normalized spacial score (nSPS) is 10.9. The van der Waals surface area contributed by atoms with Crippen molar-refractivity contribution in [1.29, 1.82) is 0 Å². The summed E-state index contributed by atoms with van der Waals surface area (Å²) in [6, 6.07) is 23.8. The van der Waals surface area contributed by atoms with Gasteiger partial charge in [-0.05, 0) is 78.4 Å². The predicted molar refractivity (Wildman–Crippen MR) is 168 cm³/mol. The van der Waals surface area contributed by atoms with Gasteiger partial charge in [-0.1, -0.05) is 86.3 Å². The zero-order valence-corrected chi connectivity index (χ0v) is 25.6. The number of fused-ring (bicyclic) bond motifs is 2. The standard InChI is InChI=1S/C32H34Br2N2O4/c33-31-25-13-7-5-11-23(25)15-17-27(31)39-21-29(37)35-19-9-3-1-2-4-10-20-36-30(38)22-40-28-18-16-24-12-6-8-14-26(24)32(28)34/h5-8,11-18H,1-4,9-10,19-22H2,(H,35,37)(H,36,38). The van der Waals surface area contributed by atoms with Gasteiger partial charge < -0.3 is 20.1 Å². The maximum Gasteiger partial charge on any atom is 0.257 e. The van der Waals surface area contributed by atoms with Crippen molar-refractivity contribution < 1.29 is 19.1 Å². The van der Waals surface area contributed by atoms with Crippen LogP contribution in [0, 0.1) is 0 Å². The van der Waals surface area contributed by atoms with Gasteiger partial charge in [0.2, 0.25) is 0 Å². The fourth-order valence-corrected chi connectivity index (χ4v) is 5.67. The van der Waals surface area contributed by atoms with Crippen LogP contribution in [0.25, 0.3) is 21.5 Å². The Hall–Kier alpha value is -3.10. The van der Waals surface area contributed by atoms with Crippen molar-refractivity contribution in [2.75, 3.05) is 26.3 Å². The lowest BCUT2D eigenvalue weighted by molar-refractivity contribution is -0.123. The first-order valence-corrected chi connectivity index (χ1v) is 15.2. The Morgan fingerprint density at radius 2 is 0.950 bits per heavy atom. The van der Waals surface area contributed by atoms with Gasteiger partial charge in [0.1, 0.15) is 11.5 Å². The third-order valence-corrected chi connectivity index (χ3v) is 8.26. The van der Waals surface area contributed by atoms with E-state index >= 15 is 0 Å². The molecule has 0 unspecified atom stereocenters. The highest BCUT2D eigenvalue weighted by Gasteiger charge is 2.10. The minimum Gasteiger partial charge on any atom is -0.483 e. The van der Waals surface area contributed by atoms with E-state index < -0.39 is 0 Å². The molecule has 2 amide bonds. The van der Waals surface area contributed by atoms with Crippen LogP contribution in [-0.4, -0.2) is 38.1 Å². The van der Waals surface area contributed by atoms with Gasteiger partial charge in [0.05, 0.1) is 8.95 Å². The number of amides is 2. The largest absolute Gasteiger partial charge is 0.483 e. The lowest BCUT2D eigenvalue weighted by Crippen LogP contribution is -2.29. The molecule has 4 rings (SSSR count).